The summed E-state index contributed by atoms with van der Waals surface area (Å²) in [5.74, 6) is -0.291. The average molecular weight is 406 g/mol. The summed E-state index contributed by atoms with van der Waals surface area (Å²) in [6.45, 7) is 0.535. The predicted molar refractivity (Wildman–Crippen MR) is 101 cm³/mol. The van der Waals surface area contributed by atoms with Crippen LogP contribution in [0.1, 0.15) is 17.7 Å². The number of aromatic nitrogens is 1. The lowest BCUT2D eigenvalue weighted by atomic mass is 10.2. The number of rotatable bonds is 5. The summed E-state index contributed by atoms with van der Waals surface area (Å²) in [6.07, 6.45) is 0.582. The molecule has 27 heavy (non-hydrogen) atoms. The normalized spacial score (nSPS) is 13.5. The molecule has 2 aromatic carbocycles. The second-order valence-electron chi connectivity index (χ2n) is 6.37. The van der Waals surface area contributed by atoms with Crippen molar-refractivity contribution in [1.29, 1.82) is 0 Å². The number of hydrogen-bond donors (Lipinski definition) is 1. The lowest BCUT2D eigenvalue weighted by Crippen LogP contribution is -2.16. The molecule has 3 aromatic rings. The first-order valence-electron chi connectivity index (χ1n) is 8.39. The first-order valence-corrected chi connectivity index (χ1v) is 10.2. The molecule has 6 nitrogen and oxygen atoms in total. The zero-order chi connectivity index (χ0) is 19.2. The van der Waals surface area contributed by atoms with Gasteiger partial charge in [0.15, 0.2) is 0 Å². The van der Waals surface area contributed by atoms with Crippen LogP contribution in [0, 0.1) is 0 Å². The van der Waals surface area contributed by atoms with Crippen molar-refractivity contribution in [3.05, 3.63) is 58.7 Å². The van der Waals surface area contributed by atoms with E-state index in [1.807, 2.05) is 0 Å². The second-order valence-corrected chi connectivity index (χ2v) is 8.59. The monoisotopic (exact) mass is 405 g/mol. The number of halogens is 1. The van der Waals surface area contributed by atoms with E-state index < -0.39 is 16.0 Å². The topological polar surface area (TPSA) is 85.6 Å². The Bertz CT molecular complexity index is 1170. The van der Waals surface area contributed by atoms with Gasteiger partial charge in [0.25, 0.3) is 10.0 Å². The van der Waals surface area contributed by atoms with Crippen LogP contribution in [0.15, 0.2) is 47.4 Å². The molecule has 0 amide bonds. The molecule has 1 aliphatic heterocycles. The smallest absolute Gasteiger partial charge is 0.303 e. The fourth-order valence-corrected chi connectivity index (χ4v) is 5.14. The Balaban J connectivity index is 1.90. The van der Waals surface area contributed by atoms with Gasteiger partial charge in [-0.05, 0) is 54.4 Å². The van der Waals surface area contributed by atoms with Crippen molar-refractivity contribution in [2.24, 2.45) is 0 Å². The minimum atomic E-state index is -3.91. The van der Waals surface area contributed by atoms with Gasteiger partial charge in [0, 0.05) is 22.5 Å². The van der Waals surface area contributed by atoms with Gasteiger partial charge in [0.2, 0.25) is 0 Å². The number of aliphatic carboxylic acids is 1. The van der Waals surface area contributed by atoms with E-state index in [2.05, 4.69) is 0 Å². The van der Waals surface area contributed by atoms with Crippen LogP contribution in [0.2, 0.25) is 5.02 Å². The molecule has 1 N–H and O–H groups in total. The van der Waals surface area contributed by atoms with Crippen LogP contribution in [0.4, 0.5) is 0 Å². The van der Waals surface area contributed by atoms with Gasteiger partial charge in [-0.25, -0.2) is 12.4 Å². The first kappa shape index (κ1) is 17.9. The summed E-state index contributed by atoms with van der Waals surface area (Å²) < 4.78 is 33.5. The fraction of sp³-hybridized carbons (Fsp3) is 0.211. The third-order valence-electron chi connectivity index (χ3n) is 4.59. The molecular formula is C19H16ClNO5S. The highest BCUT2D eigenvalue weighted by Gasteiger charge is 2.25. The Labute approximate surface area is 161 Å². The van der Waals surface area contributed by atoms with E-state index >= 15 is 0 Å². The number of nitrogens with zero attached hydrogens (tertiary/aromatic N) is 1. The van der Waals surface area contributed by atoms with Crippen molar-refractivity contribution in [3.63, 3.8) is 0 Å². The van der Waals surface area contributed by atoms with Crippen molar-refractivity contribution in [2.75, 3.05) is 6.61 Å². The van der Waals surface area contributed by atoms with Gasteiger partial charge in [0.05, 0.1) is 23.4 Å². The van der Waals surface area contributed by atoms with Crippen LogP contribution in [-0.2, 0) is 27.7 Å². The van der Waals surface area contributed by atoms with E-state index in [1.165, 1.54) is 10.0 Å². The van der Waals surface area contributed by atoms with Gasteiger partial charge < -0.3 is 9.84 Å². The Kier molecular flexibility index (Phi) is 4.36. The number of aryl methyl sites for hydroxylation is 1. The fourth-order valence-electron chi connectivity index (χ4n) is 3.34. The molecule has 4 rings (SSSR count). The molecule has 0 unspecified atom stereocenters. The van der Waals surface area contributed by atoms with Crippen LogP contribution in [0.5, 0.6) is 5.75 Å². The summed E-state index contributed by atoms with van der Waals surface area (Å²) in [6, 6.07) is 11.4. The molecule has 0 aliphatic carbocycles. The minimum absolute atomic E-state index is 0.0922. The Morgan fingerprint density at radius 2 is 2.00 bits per heavy atom. The van der Waals surface area contributed by atoms with Crippen LogP contribution in [0.25, 0.3) is 10.9 Å². The molecule has 1 aromatic heterocycles. The second kappa shape index (κ2) is 6.58. The molecule has 0 radical (unpaired) electrons. The standard InChI is InChI=1S/C19H16ClNO5S/c20-14-1-4-17-13(9-14)10-15(2-6-19(22)23)21(17)27(24,25)16-3-5-18-12(11-16)7-8-26-18/h1,3-5,9-11H,2,6-8H2,(H,22,23). The molecule has 0 saturated carbocycles. The molecule has 0 bridgehead atoms. The lowest BCUT2D eigenvalue weighted by molar-refractivity contribution is -0.136. The number of carboxylic acid groups (broad SMARTS) is 1. The predicted octanol–water partition coefficient (Wildman–Crippen LogP) is 3.48. The van der Waals surface area contributed by atoms with Crippen molar-refractivity contribution in [1.82, 2.24) is 3.97 Å². The van der Waals surface area contributed by atoms with Gasteiger partial charge >= 0.3 is 5.97 Å². The van der Waals surface area contributed by atoms with Gasteiger partial charge in [-0.3, -0.25) is 4.79 Å². The highest BCUT2D eigenvalue weighted by Crippen LogP contribution is 2.32. The van der Waals surface area contributed by atoms with Gasteiger partial charge in [-0.1, -0.05) is 11.6 Å². The van der Waals surface area contributed by atoms with Gasteiger partial charge in [0.1, 0.15) is 5.75 Å². The molecule has 0 saturated heterocycles. The van der Waals surface area contributed by atoms with Crippen molar-refractivity contribution in [3.8, 4) is 5.75 Å². The first-order chi connectivity index (χ1) is 12.9. The Morgan fingerprint density at radius 3 is 2.78 bits per heavy atom. The van der Waals surface area contributed by atoms with E-state index in [-0.39, 0.29) is 17.7 Å². The SMILES string of the molecule is O=C(O)CCc1cc2cc(Cl)ccc2n1S(=O)(=O)c1ccc2c(c1)CCO2. The molecule has 2 heterocycles. The van der Waals surface area contributed by atoms with E-state index in [9.17, 15) is 13.2 Å². The number of carboxylic acids is 1. The zero-order valence-corrected chi connectivity index (χ0v) is 15.8. The molecule has 0 fully saturated rings. The summed E-state index contributed by atoms with van der Waals surface area (Å²) >= 11 is 6.04. The zero-order valence-electron chi connectivity index (χ0n) is 14.2. The third kappa shape index (κ3) is 3.17. The number of benzene rings is 2. The highest BCUT2D eigenvalue weighted by atomic mass is 35.5. The maximum Gasteiger partial charge on any atom is 0.303 e. The molecule has 140 valence electrons. The maximum atomic E-state index is 13.4. The Morgan fingerprint density at radius 1 is 1.19 bits per heavy atom. The summed E-state index contributed by atoms with van der Waals surface area (Å²) in [5.41, 5.74) is 1.73. The van der Waals surface area contributed by atoms with E-state index in [1.54, 1.807) is 36.4 Å². The molecule has 8 heteroatoms. The highest BCUT2D eigenvalue weighted by molar-refractivity contribution is 7.90. The molecule has 0 atom stereocenters. The third-order valence-corrected chi connectivity index (χ3v) is 6.58. The summed E-state index contributed by atoms with van der Waals surface area (Å²) in [4.78, 5) is 11.2. The average Bonchev–Trinajstić information content (AvgIpc) is 3.22. The molecule has 1 aliphatic rings. The van der Waals surface area contributed by atoms with Crippen LogP contribution in [0.3, 0.4) is 0 Å². The van der Waals surface area contributed by atoms with Gasteiger partial charge in [-0.2, -0.15) is 0 Å². The molecule has 0 spiro atoms. The van der Waals surface area contributed by atoms with Crippen LogP contribution < -0.4 is 4.74 Å². The summed E-state index contributed by atoms with van der Waals surface area (Å²) in [5, 5.41) is 10.1. The summed E-state index contributed by atoms with van der Waals surface area (Å²) in [7, 11) is -3.91. The lowest BCUT2D eigenvalue weighted by Gasteiger charge is -2.12. The Hall–Kier alpha value is -2.51. The number of ether oxygens (including phenoxy) is 1. The van der Waals surface area contributed by atoms with Crippen molar-refractivity contribution < 1.29 is 23.1 Å². The quantitative estimate of drug-likeness (QED) is 0.702. The van der Waals surface area contributed by atoms with Crippen LogP contribution in [-0.4, -0.2) is 30.1 Å². The van der Waals surface area contributed by atoms with E-state index in [4.69, 9.17) is 21.4 Å². The van der Waals surface area contributed by atoms with E-state index in [0.717, 1.165) is 5.56 Å². The maximum absolute atomic E-state index is 13.4. The van der Waals surface area contributed by atoms with Crippen LogP contribution >= 0.6 is 11.6 Å². The van der Waals surface area contributed by atoms with Crippen molar-refractivity contribution in [2.45, 2.75) is 24.2 Å². The van der Waals surface area contributed by atoms with Crippen molar-refractivity contribution >= 4 is 38.5 Å². The number of fused-ring (bicyclic) bond motifs is 2. The van der Waals surface area contributed by atoms with Gasteiger partial charge in [-0.15, -0.1) is 0 Å². The number of hydrogen-bond acceptors (Lipinski definition) is 4. The number of carbonyl (C=O) groups is 1. The minimum Gasteiger partial charge on any atom is -0.493 e. The largest absolute Gasteiger partial charge is 0.493 e. The molecular weight excluding hydrogens is 390 g/mol. The van der Waals surface area contributed by atoms with E-state index in [0.29, 0.717) is 40.4 Å².